The summed E-state index contributed by atoms with van der Waals surface area (Å²) in [6.45, 7) is 4.39. The molecule has 0 unspecified atom stereocenters. The summed E-state index contributed by atoms with van der Waals surface area (Å²) in [4.78, 5) is 45.1. The number of nitrogens with zero attached hydrogens (tertiary/aromatic N) is 3. The van der Waals surface area contributed by atoms with E-state index >= 15 is 0 Å². The molecule has 2 fully saturated rings. The van der Waals surface area contributed by atoms with Crippen LogP contribution >= 0.6 is 11.6 Å². The summed E-state index contributed by atoms with van der Waals surface area (Å²) in [5.41, 5.74) is 1.25. The molecule has 0 bridgehead atoms. The third kappa shape index (κ3) is 7.20. The lowest BCUT2D eigenvalue weighted by atomic mass is 9.85. The number of anilines is 1. The molecular formula is C28H28ClF3N6O5. The van der Waals surface area contributed by atoms with Crippen LogP contribution < -0.4 is 10.6 Å². The van der Waals surface area contributed by atoms with Crippen molar-refractivity contribution in [2.24, 2.45) is 0 Å². The van der Waals surface area contributed by atoms with Crippen LogP contribution in [0.2, 0.25) is 5.02 Å². The van der Waals surface area contributed by atoms with Crippen LogP contribution in [0.15, 0.2) is 48.9 Å². The lowest BCUT2D eigenvalue weighted by Gasteiger charge is -2.45. The summed E-state index contributed by atoms with van der Waals surface area (Å²) >= 11 is 6.77. The number of aromatic nitrogens is 2. The number of aliphatic carboxylic acids is 1. The molecule has 3 aromatic rings. The molecule has 43 heavy (non-hydrogen) atoms. The maximum atomic E-state index is 13.2. The van der Waals surface area contributed by atoms with Crippen LogP contribution in [0.1, 0.15) is 49.0 Å². The van der Waals surface area contributed by atoms with Gasteiger partial charge in [-0.25, -0.2) is 4.79 Å². The van der Waals surface area contributed by atoms with E-state index in [4.69, 9.17) is 31.6 Å². The van der Waals surface area contributed by atoms with Crippen LogP contribution in [-0.2, 0) is 19.9 Å². The van der Waals surface area contributed by atoms with Gasteiger partial charge in [0.2, 0.25) is 5.91 Å². The molecule has 2 amide bonds. The van der Waals surface area contributed by atoms with Crippen molar-refractivity contribution in [2.45, 2.75) is 57.0 Å². The molecule has 2 aliphatic heterocycles. The predicted octanol–water partition coefficient (Wildman–Crippen LogP) is 4.71. The second-order valence-corrected chi connectivity index (χ2v) is 10.7. The Morgan fingerprint density at radius 2 is 2.00 bits per heavy atom. The molecule has 228 valence electrons. The number of alkyl halides is 3. The second-order valence-electron chi connectivity index (χ2n) is 10.3. The molecule has 2 aromatic heterocycles. The number of carbonyl (C=O) groups excluding carboxylic acids is 2. The fourth-order valence-corrected chi connectivity index (χ4v) is 5.36. The fourth-order valence-electron chi connectivity index (χ4n) is 4.98. The van der Waals surface area contributed by atoms with E-state index in [2.05, 4.69) is 20.6 Å². The molecule has 4 N–H and O–H groups in total. The lowest BCUT2D eigenvalue weighted by molar-refractivity contribution is -0.192. The summed E-state index contributed by atoms with van der Waals surface area (Å²) in [5, 5.41) is 22.9. The van der Waals surface area contributed by atoms with Crippen molar-refractivity contribution in [3.05, 3.63) is 65.1 Å². The average Bonchev–Trinajstić information content (AvgIpc) is 2.93. The number of fused-ring (bicyclic) bond motifs is 1. The Bertz CT molecular complexity index is 1550. The maximum absolute atomic E-state index is 13.2. The van der Waals surface area contributed by atoms with Crippen molar-refractivity contribution in [1.29, 1.82) is 5.41 Å². The highest BCUT2D eigenvalue weighted by molar-refractivity contribution is 6.35. The molecule has 0 radical (unpaired) electrons. The van der Waals surface area contributed by atoms with Crippen molar-refractivity contribution in [3.8, 4) is 0 Å². The normalized spacial score (nSPS) is 22.3. The van der Waals surface area contributed by atoms with Gasteiger partial charge in [0.25, 0.3) is 5.91 Å². The molecule has 0 spiro atoms. The van der Waals surface area contributed by atoms with Crippen LogP contribution in [0.3, 0.4) is 0 Å². The standard InChI is InChI=1S/C26H27ClN6O3.C2HF3O2/c1-15-10-18(7-9-36-15)33-22(34)12-26(2,32-25(33)28)19-4-3-5-21(23(19)27)31-24(35)17-11-16-13-29-8-6-20(16)30-14-17;3-2(4,5)1(6)7/h3-6,8,11,13-15,18H,7,9-10,12H2,1-2H3,(H2,28,32)(H,31,35);(H,6,7)/t15-,18-,26+;/m1./s1. The minimum atomic E-state index is -5.08. The van der Waals surface area contributed by atoms with Crippen LogP contribution in [-0.4, -0.2) is 68.6 Å². The maximum Gasteiger partial charge on any atom is 0.490 e. The molecule has 2 aliphatic rings. The van der Waals surface area contributed by atoms with Crippen molar-refractivity contribution in [2.75, 3.05) is 11.9 Å². The van der Waals surface area contributed by atoms with Gasteiger partial charge in [-0.05, 0) is 50.5 Å². The van der Waals surface area contributed by atoms with Crippen LogP contribution in [0.5, 0.6) is 0 Å². The molecule has 4 heterocycles. The highest BCUT2D eigenvalue weighted by atomic mass is 35.5. The number of halogens is 4. The van der Waals surface area contributed by atoms with Crippen LogP contribution in [0.4, 0.5) is 18.9 Å². The number of benzene rings is 1. The highest BCUT2D eigenvalue weighted by Crippen LogP contribution is 2.38. The first kappa shape index (κ1) is 31.6. The smallest absolute Gasteiger partial charge is 0.475 e. The van der Waals surface area contributed by atoms with E-state index in [1.54, 1.807) is 47.6 Å². The SMILES string of the molecule is C[C@@H]1C[C@H](N2C(=N)N[C@](C)(c3cccc(NC(=O)c4cnc5ccncc5c4)c3Cl)CC2=O)CCO1.O=C(O)C(F)(F)F. The summed E-state index contributed by atoms with van der Waals surface area (Å²) < 4.78 is 37.3. The molecule has 3 atom stereocenters. The van der Waals surface area contributed by atoms with Gasteiger partial charge in [0.15, 0.2) is 5.96 Å². The van der Waals surface area contributed by atoms with E-state index in [1.807, 2.05) is 13.8 Å². The summed E-state index contributed by atoms with van der Waals surface area (Å²) in [6, 6.07) is 8.70. The van der Waals surface area contributed by atoms with Gasteiger partial charge >= 0.3 is 12.1 Å². The van der Waals surface area contributed by atoms with Gasteiger partial charge in [-0.2, -0.15) is 13.2 Å². The van der Waals surface area contributed by atoms with E-state index in [1.165, 1.54) is 6.20 Å². The number of carboxylic acid groups (broad SMARTS) is 1. The zero-order chi connectivity index (χ0) is 31.5. The fraction of sp³-hybridized carbons (Fsp3) is 0.357. The number of nitrogens with one attached hydrogen (secondary N) is 3. The van der Waals surface area contributed by atoms with Gasteiger partial charge in [-0.15, -0.1) is 0 Å². The Morgan fingerprint density at radius 3 is 2.65 bits per heavy atom. The largest absolute Gasteiger partial charge is 0.490 e. The quantitative estimate of drug-likeness (QED) is 0.327. The van der Waals surface area contributed by atoms with Crippen LogP contribution in [0.25, 0.3) is 10.9 Å². The number of guanidine groups is 1. The summed E-state index contributed by atoms with van der Waals surface area (Å²) in [7, 11) is 0. The Balaban J connectivity index is 0.000000541. The molecule has 5 rings (SSSR count). The van der Waals surface area contributed by atoms with Gasteiger partial charge < -0.3 is 20.5 Å². The zero-order valence-electron chi connectivity index (χ0n) is 23.0. The Morgan fingerprint density at radius 1 is 1.28 bits per heavy atom. The predicted molar refractivity (Wildman–Crippen MR) is 151 cm³/mol. The van der Waals surface area contributed by atoms with Gasteiger partial charge in [-0.3, -0.25) is 29.9 Å². The number of carbonyl (C=O) groups is 3. The average molecular weight is 621 g/mol. The summed E-state index contributed by atoms with van der Waals surface area (Å²) in [6.07, 6.45) is 1.27. The van der Waals surface area contributed by atoms with E-state index in [0.717, 1.165) is 10.9 Å². The van der Waals surface area contributed by atoms with Crippen LogP contribution in [0, 0.1) is 5.41 Å². The Labute approximate surface area is 248 Å². The van der Waals surface area contributed by atoms with Gasteiger partial charge in [0.1, 0.15) is 0 Å². The van der Waals surface area contributed by atoms with Crippen molar-refractivity contribution < 1.29 is 37.4 Å². The zero-order valence-corrected chi connectivity index (χ0v) is 23.8. The number of ether oxygens (including phenoxy) is 1. The van der Waals surface area contributed by atoms with Crippen molar-refractivity contribution in [3.63, 3.8) is 0 Å². The number of carboxylic acids is 1. The minimum Gasteiger partial charge on any atom is -0.475 e. The number of hydrogen-bond donors (Lipinski definition) is 4. The first-order valence-corrected chi connectivity index (χ1v) is 13.5. The van der Waals surface area contributed by atoms with Gasteiger partial charge in [-0.1, -0.05) is 23.7 Å². The molecule has 15 heteroatoms. The highest BCUT2D eigenvalue weighted by Gasteiger charge is 2.44. The van der Waals surface area contributed by atoms with Crippen molar-refractivity contribution in [1.82, 2.24) is 20.2 Å². The van der Waals surface area contributed by atoms with E-state index in [0.29, 0.717) is 41.3 Å². The number of pyridine rings is 2. The number of rotatable bonds is 4. The number of hydrogen-bond acceptors (Lipinski definition) is 7. The molecular weight excluding hydrogens is 593 g/mol. The van der Waals surface area contributed by atoms with E-state index in [9.17, 15) is 22.8 Å². The van der Waals surface area contributed by atoms with E-state index in [-0.39, 0.29) is 36.3 Å². The Hall–Kier alpha value is -4.30. The molecule has 0 saturated carbocycles. The first-order valence-electron chi connectivity index (χ1n) is 13.1. The monoisotopic (exact) mass is 620 g/mol. The minimum absolute atomic E-state index is 0.0430. The third-order valence-corrected chi connectivity index (χ3v) is 7.47. The molecule has 0 aliphatic carbocycles. The summed E-state index contributed by atoms with van der Waals surface area (Å²) in [5.74, 6) is -3.21. The van der Waals surface area contributed by atoms with Gasteiger partial charge in [0, 0.05) is 36.6 Å². The number of amides is 2. The Kier molecular flexibility index (Phi) is 9.21. The lowest BCUT2D eigenvalue weighted by Crippen LogP contribution is -2.63. The molecule has 2 saturated heterocycles. The topological polar surface area (TPSA) is 158 Å². The second kappa shape index (κ2) is 12.5. The van der Waals surface area contributed by atoms with Gasteiger partial charge in [0.05, 0.1) is 39.9 Å². The third-order valence-electron chi connectivity index (χ3n) is 7.06. The van der Waals surface area contributed by atoms with Crippen molar-refractivity contribution >= 4 is 51.9 Å². The molecule has 11 nitrogen and oxygen atoms in total. The molecule has 1 aromatic carbocycles. The van der Waals surface area contributed by atoms with E-state index < -0.39 is 17.7 Å². The first-order chi connectivity index (χ1) is 20.2.